The van der Waals surface area contributed by atoms with Crippen LogP contribution in [0.15, 0.2) is 46.9 Å². The molecule has 134 valence electrons. The van der Waals surface area contributed by atoms with Crippen LogP contribution < -0.4 is 5.32 Å². The maximum atomic E-state index is 13.4. The Morgan fingerprint density at radius 2 is 1.84 bits per heavy atom. The van der Waals surface area contributed by atoms with E-state index in [0.717, 1.165) is 10.0 Å². The average molecular weight is 465 g/mol. The summed E-state index contributed by atoms with van der Waals surface area (Å²) in [4.78, 5) is 0. The number of hydrogen-bond donors (Lipinski definition) is 1. The van der Waals surface area contributed by atoms with Crippen LogP contribution in [0.1, 0.15) is 24.7 Å². The molecule has 1 saturated heterocycles. The second-order valence-corrected chi connectivity index (χ2v) is 9.69. The molecule has 0 amide bonds. The van der Waals surface area contributed by atoms with E-state index in [-0.39, 0.29) is 6.10 Å². The van der Waals surface area contributed by atoms with Gasteiger partial charge in [0.1, 0.15) is 0 Å². The van der Waals surface area contributed by atoms with E-state index in [0.29, 0.717) is 28.8 Å². The minimum atomic E-state index is -3.43. The first-order chi connectivity index (χ1) is 11.9. The molecule has 0 bridgehead atoms. The number of hydrogen-bond acceptors (Lipinski definition) is 4. The quantitative estimate of drug-likeness (QED) is 0.500. The molecule has 1 aliphatic heterocycles. The molecule has 2 aromatic carbocycles. The Morgan fingerprint density at radius 1 is 1.20 bits per heavy atom. The molecule has 8 heteroatoms. The molecular formula is C17H17BrCl2NO3P. The predicted molar refractivity (Wildman–Crippen MR) is 106 cm³/mol. The Hall–Kier alpha value is -0.550. The maximum Gasteiger partial charge on any atom is 0.357 e. The maximum absolute atomic E-state index is 13.4. The minimum absolute atomic E-state index is 0.137. The number of halogens is 3. The third kappa shape index (κ3) is 4.79. The van der Waals surface area contributed by atoms with Crippen LogP contribution in [-0.4, -0.2) is 12.7 Å². The fraction of sp³-hybridized carbons (Fsp3) is 0.294. The zero-order chi connectivity index (χ0) is 18.0. The van der Waals surface area contributed by atoms with Crippen LogP contribution >= 0.6 is 46.7 Å². The lowest BCUT2D eigenvalue weighted by atomic mass is 10.2. The van der Waals surface area contributed by atoms with Crippen LogP contribution in [0.3, 0.4) is 0 Å². The average Bonchev–Trinajstić information content (AvgIpc) is 2.52. The number of anilines is 1. The molecule has 4 nitrogen and oxygen atoms in total. The summed E-state index contributed by atoms with van der Waals surface area (Å²) in [5.74, 6) is -0.669. The molecule has 0 saturated carbocycles. The van der Waals surface area contributed by atoms with E-state index < -0.39 is 13.4 Å². The van der Waals surface area contributed by atoms with Gasteiger partial charge in [0.15, 0.2) is 5.78 Å². The highest BCUT2D eigenvalue weighted by atomic mass is 79.9. The fourth-order valence-corrected chi connectivity index (χ4v) is 5.53. The zero-order valence-corrected chi connectivity index (χ0v) is 17.4. The number of benzene rings is 2. The van der Waals surface area contributed by atoms with Crippen molar-refractivity contribution in [3.8, 4) is 0 Å². The summed E-state index contributed by atoms with van der Waals surface area (Å²) >= 11 is 15.6. The van der Waals surface area contributed by atoms with Crippen molar-refractivity contribution in [3.63, 3.8) is 0 Å². The van der Waals surface area contributed by atoms with Crippen molar-refractivity contribution in [1.29, 1.82) is 0 Å². The Morgan fingerprint density at radius 3 is 2.44 bits per heavy atom. The molecule has 0 spiro atoms. The van der Waals surface area contributed by atoms with Gasteiger partial charge >= 0.3 is 7.60 Å². The molecule has 1 aliphatic rings. The highest BCUT2D eigenvalue weighted by Crippen LogP contribution is 2.63. The third-order valence-corrected chi connectivity index (χ3v) is 7.01. The van der Waals surface area contributed by atoms with Crippen LogP contribution in [0.5, 0.6) is 0 Å². The van der Waals surface area contributed by atoms with Gasteiger partial charge < -0.3 is 14.4 Å². The van der Waals surface area contributed by atoms with E-state index in [1.165, 1.54) is 0 Å². The van der Waals surface area contributed by atoms with Gasteiger partial charge in [0.05, 0.1) is 12.7 Å². The van der Waals surface area contributed by atoms with Crippen LogP contribution in [-0.2, 0) is 13.6 Å². The minimum Gasteiger partial charge on any atom is -0.368 e. The second kappa shape index (κ2) is 7.99. The topological polar surface area (TPSA) is 47.6 Å². The molecule has 3 atom stereocenters. The van der Waals surface area contributed by atoms with E-state index in [4.69, 9.17) is 32.2 Å². The van der Waals surface area contributed by atoms with Gasteiger partial charge in [-0.15, -0.1) is 0 Å². The molecule has 3 rings (SSSR count). The molecule has 1 N–H and O–H groups in total. The first kappa shape index (κ1) is 19.2. The monoisotopic (exact) mass is 463 g/mol. The highest BCUT2D eigenvalue weighted by molar-refractivity contribution is 9.10. The normalized spacial score (nSPS) is 24.7. The van der Waals surface area contributed by atoms with E-state index >= 15 is 0 Å². The van der Waals surface area contributed by atoms with Gasteiger partial charge in [-0.2, -0.15) is 0 Å². The SMILES string of the molecule is C[C@@H]1CCO[P@@](=O)([C@@H](Nc2cc(Cl)cc(Cl)c2)c2ccc(Br)cc2)O1. The van der Waals surface area contributed by atoms with Crippen LogP contribution in [0, 0.1) is 0 Å². The van der Waals surface area contributed by atoms with Crippen molar-refractivity contribution in [1.82, 2.24) is 0 Å². The van der Waals surface area contributed by atoms with Crippen molar-refractivity contribution < 1.29 is 13.6 Å². The number of nitrogens with one attached hydrogen (secondary N) is 1. The van der Waals surface area contributed by atoms with Gasteiger partial charge in [0, 0.05) is 20.2 Å². The molecule has 0 unspecified atom stereocenters. The summed E-state index contributed by atoms with van der Waals surface area (Å²) in [5, 5.41) is 4.21. The predicted octanol–water partition coefficient (Wildman–Crippen LogP) is 6.89. The van der Waals surface area contributed by atoms with E-state index in [1.807, 2.05) is 31.2 Å². The van der Waals surface area contributed by atoms with Crippen molar-refractivity contribution in [3.05, 3.63) is 62.5 Å². The third-order valence-electron chi connectivity index (χ3n) is 3.79. The van der Waals surface area contributed by atoms with E-state index in [1.54, 1.807) is 18.2 Å². The zero-order valence-electron chi connectivity index (χ0n) is 13.4. The van der Waals surface area contributed by atoms with Crippen LogP contribution in [0.2, 0.25) is 10.0 Å². The van der Waals surface area contributed by atoms with Gasteiger partial charge in [-0.25, -0.2) is 0 Å². The van der Waals surface area contributed by atoms with Crippen molar-refractivity contribution in [2.75, 3.05) is 11.9 Å². The summed E-state index contributed by atoms with van der Waals surface area (Å²) in [6, 6.07) is 12.6. The van der Waals surface area contributed by atoms with Crippen LogP contribution in [0.4, 0.5) is 5.69 Å². The Bertz CT molecular complexity index is 783. The Balaban J connectivity index is 1.99. The van der Waals surface area contributed by atoms with Gasteiger partial charge in [-0.1, -0.05) is 51.3 Å². The summed E-state index contributed by atoms with van der Waals surface area (Å²) in [6.07, 6.45) is 0.572. The van der Waals surface area contributed by atoms with Crippen molar-refractivity contribution >= 4 is 52.4 Å². The molecule has 1 fully saturated rings. The first-order valence-electron chi connectivity index (χ1n) is 7.76. The lowest BCUT2D eigenvalue weighted by Crippen LogP contribution is -2.23. The van der Waals surface area contributed by atoms with E-state index in [9.17, 15) is 4.57 Å². The summed E-state index contributed by atoms with van der Waals surface area (Å²) in [7, 11) is -3.43. The Labute approximate surface area is 165 Å². The summed E-state index contributed by atoms with van der Waals surface area (Å²) < 4.78 is 25.7. The molecule has 2 aromatic rings. The molecule has 25 heavy (non-hydrogen) atoms. The molecule has 0 radical (unpaired) electrons. The molecule has 0 aliphatic carbocycles. The van der Waals surface area contributed by atoms with Gasteiger partial charge in [0.2, 0.25) is 0 Å². The van der Waals surface area contributed by atoms with Gasteiger partial charge in [-0.3, -0.25) is 4.57 Å². The molecule has 1 heterocycles. The van der Waals surface area contributed by atoms with Crippen molar-refractivity contribution in [2.24, 2.45) is 0 Å². The molecular weight excluding hydrogens is 448 g/mol. The highest BCUT2D eigenvalue weighted by Gasteiger charge is 2.41. The lowest BCUT2D eigenvalue weighted by Gasteiger charge is -2.34. The smallest absolute Gasteiger partial charge is 0.357 e. The fourth-order valence-electron chi connectivity index (χ4n) is 2.60. The largest absolute Gasteiger partial charge is 0.368 e. The standard InChI is InChI=1S/C17H17BrCl2NO3P/c1-11-6-7-23-25(22,24-11)17(12-2-4-13(18)5-3-12)21-16-9-14(19)8-15(20)10-16/h2-5,8-11,17,21H,6-7H2,1H3/t11-,17-,25+/m1/s1. The van der Waals surface area contributed by atoms with Gasteiger partial charge in [-0.05, 0) is 49.2 Å². The van der Waals surface area contributed by atoms with E-state index in [2.05, 4.69) is 21.2 Å². The number of rotatable bonds is 4. The Kier molecular flexibility index (Phi) is 6.15. The lowest BCUT2D eigenvalue weighted by molar-refractivity contribution is 0.0887. The van der Waals surface area contributed by atoms with Crippen molar-refractivity contribution in [2.45, 2.75) is 25.2 Å². The molecule has 0 aromatic heterocycles. The summed E-state index contributed by atoms with van der Waals surface area (Å²) in [5.41, 5.74) is 1.43. The van der Waals surface area contributed by atoms with Crippen LogP contribution in [0.25, 0.3) is 0 Å². The first-order valence-corrected chi connectivity index (χ1v) is 10.9. The summed E-state index contributed by atoms with van der Waals surface area (Å²) in [6.45, 7) is 2.29. The van der Waals surface area contributed by atoms with Gasteiger partial charge in [0.25, 0.3) is 0 Å². The second-order valence-electron chi connectivity index (χ2n) is 5.83.